The van der Waals surface area contributed by atoms with E-state index in [1.54, 1.807) is 0 Å². The third kappa shape index (κ3) is 5.80. The summed E-state index contributed by atoms with van der Waals surface area (Å²) in [5.41, 5.74) is 11.4. The van der Waals surface area contributed by atoms with Gasteiger partial charge in [0, 0.05) is 28.8 Å². The molecule has 0 saturated carbocycles. The van der Waals surface area contributed by atoms with Crippen LogP contribution in [0.3, 0.4) is 0 Å². The molecular formula is C46H33N3OPt. The number of nitrogens with zero attached hydrogens (tertiary/aromatic N) is 3. The topological polar surface area (TPSA) is 39.4 Å². The summed E-state index contributed by atoms with van der Waals surface area (Å²) in [5, 5.41) is 2.23. The number of hydrogen-bond donors (Lipinski definition) is 0. The number of aromatic nitrogens is 2. The van der Waals surface area contributed by atoms with Crippen LogP contribution in [0.2, 0.25) is 0 Å². The second-order valence-electron chi connectivity index (χ2n) is 13.7. The molecule has 0 amide bonds. The van der Waals surface area contributed by atoms with Gasteiger partial charge in [-0.25, -0.2) is 4.98 Å². The van der Waals surface area contributed by atoms with E-state index in [0.717, 1.165) is 61.3 Å². The monoisotopic (exact) mass is 838 g/mol. The third-order valence-corrected chi connectivity index (χ3v) is 9.47. The zero-order valence-corrected chi connectivity index (χ0v) is 30.7. The third-order valence-electron chi connectivity index (χ3n) is 9.47. The summed E-state index contributed by atoms with van der Waals surface area (Å²) in [5.74, 6) is 2.04. The average Bonchev–Trinajstić information content (AvgIpc) is 3.47. The average molecular weight is 839 g/mol. The van der Waals surface area contributed by atoms with E-state index in [2.05, 4.69) is 153 Å². The standard InChI is InChI=1S/C46H33N3O.Pt/c1-46(2,3)31-25-26-47-44(28-31)49-42-22-11-9-19-38(42)39-24-23-33(29-43(39)49)50-32-14-12-13-30(27-32)45-40-20-7-6-17-36(40)34-15-4-5-16-35(34)37-18-8-10-21-41(37)48-45;/h4-26,28H,1-3H3;/q-2;+2. The Bertz CT molecular complexity index is 2630. The van der Waals surface area contributed by atoms with Gasteiger partial charge in [-0.2, -0.15) is 6.07 Å². The molecule has 5 heteroatoms. The van der Waals surface area contributed by atoms with Crippen LogP contribution in [0.1, 0.15) is 37.5 Å². The number of para-hydroxylation sites is 2. The van der Waals surface area contributed by atoms with Crippen molar-refractivity contribution in [3.63, 3.8) is 0 Å². The number of fused-ring (bicyclic) bond motifs is 8. The smallest absolute Gasteiger partial charge is 0.503 e. The first-order chi connectivity index (χ1) is 24.4. The zero-order valence-electron chi connectivity index (χ0n) is 28.4. The van der Waals surface area contributed by atoms with Gasteiger partial charge in [0.25, 0.3) is 0 Å². The van der Waals surface area contributed by atoms with Crippen molar-refractivity contribution >= 4 is 33.2 Å². The van der Waals surface area contributed by atoms with Crippen molar-refractivity contribution in [3.8, 4) is 39.6 Å². The molecule has 0 bridgehead atoms. The molecule has 0 fully saturated rings. The minimum Gasteiger partial charge on any atom is -0.503 e. The van der Waals surface area contributed by atoms with Gasteiger partial charge in [-0.1, -0.05) is 117 Å². The first kappa shape index (κ1) is 32.6. The van der Waals surface area contributed by atoms with Gasteiger partial charge in [0.1, 0.15) is 5.82 Å². The molecule has 2 aromatic heterocycles. The second-order valence-corrected chi connectivity index (χ2v) is 13.7. The molecule has 248 valence electrons. The Morgan fingerprint density at radius 2 is 1.24 bits per heavy atom. The second kappa shape index (κ2) is 13.0. The van der Waals surface area contributed by atoms with Gasteiger partial charge in [0.05, 0.1) is 5.69 Å². The predicted octanol–water partition coefficient (Wildman–Crippen LogP) is 11.7. The molecule has 9 rings (SSSR count). The van der Waals surface area contributed by atoms with Crippen LogP contribution in [-0.4, -0.2) is 15.3 Å². The summed E-state index contributed by atoms with van der Waals surface area (Å²) in [6, 6.07) is 55.3. The Morgan fingerprint density at radius 1 is 0.588 bits per heavy atom. The molecule has 1 aliphatic heterocycles. The molecule has 8 aromatic rings. The van der Waals surface area contributed by atoms with Crippen molar-refractivity contribution in [3.05, 3.63) is 175 Å². The zero-order chi connectivity index (χ0) is 33.8. The molecule has 4 nitrogen and oxygen atoms in total. The van der Waals surface area contributed by atoms with E-state index in [9.17, 15) is 0 Å². The molecule has 6 aromatic carbocycles. The number of pyridine rings is 1. The molecule has 0 saturated heterocycles. The van der Waals surface area contributed by atoms with E-state index in [0.29, 0.717) is 11.5 Å². The van der Waals surface area contributed by atoms with Crippen LogP contribution in [0.25, 0.3) is 49.9 Å². The summed E-state index contributed by atoms with van der Waals surface area (Å²) in [4.78, 5) is 10.1. The molecule has 0 atom stereocenters. The van der Waals surface area contributed by atoms with Crippen molar-refractivity contribution in [2.75, 3.05) is 0 Å². The summed E-state index contributed by atoms with van der Waals surface area (Å²) < 4.78 is 8.74. The maximum absolute atomic E-state index is 6.55. The van der Waals surface area contributed by atoms with Crippen LogP contribution in [0.15, 0.2) is 151 Å². The van der Waals surface area contributed by atoms with Crippen LogP contribution in [0.5, 0.6) is 11.5 Å². The van der Waals surface area contributed by atoms with Crippen molar-refractivity contribution in [2.45, 2.75) is 26.2 Å². The van der Waals surface area contributed by atoms with Crippen molar-refractivity contribution in [1.29, 1.82) is 0 Å². The van der Waals surface area contributed by atoms with Crippen molar-refractivity contribution in [2.24, 2.45) is 4.99 Å². The van der Waals surface area contributed by atoms with E-state index >= 15 is 0 Å². The fourth-order valence-corrected chi connectivity index (χ4v) is 7.01. The molecule has 1 aliphatic rings. The quantitative estimate of drug-likeness (QED) is 0.166. The summed E-state index contributed by atoms with van der Waals surface area (Å²) in [6.45, 7) is 6.66. The Kier molecular flexibility index (Phi) is 8.29. The molecule has 0 unspecified atom stereocenters. The van der Waals surface area contributed by atoms with Crippen molar-refractivity contribution < 1.29 is 25.8 Å². The Hall–Kier alpha value is -5.57. The van der Waals surface area contributed by atoms with Crippen LogP contribution in [-0.2, 0) is 26.5 Å². The number of hydrogen-bond acceptors (Lipinski definition) is 3. The SMILES string of the molecule is CC(C)(C)c1ccnc(-n2c3[c-]c(Oc4[c-]c(C5=Nc6ccccc6-c6ccccc6-c6ccccc65)ccc4)ccc3c3ccccc32)c1.[Pt+2]. The molecule has 3 heterocycles. The van der Waals surface area contributed by atoms with Gasteiger partial charge in [-0.05, 0) is 68.6 Å². The predicted molar refractivity (Wildman–Crippen MR) is 204 cm³/mol. The molecular weight excluding hydrogens is 806 g/mol. The van der Waals surface area contributed by atoms with E-state index in [1.165, 1.54) is 16.7 Å². The van der Waals surface area contributed by atoms with Gasteiger partial charge in [-0.15, -0.1) is 41.3 Å². The van der Waals surface area contributed by atoms with Crippen LogP contribution < -0.4 is 4.74 Å². The van der Waals surface area contributed by atoms with Crippen LogP contribution in [0.4, 0.5) is 5.69 Å². The largest absolute Gasteiger partial charge is 2.00 e. The maximum atomic E-state index is 6.55. The molecule has 0 N–H and O–H groups in total. The van der Waals surface area contributed by atoms with Gasteiger partial charge in [0.2, 0.25) is 0 Å². The number of aliphatic imine (C=N–C) groups is 1. The molecule has 0 radical (unpaired) electrons. The fourth-order valence-electron chi connectivity index (χ4n) is 7.01. The van der Waals surface area contributed by atoms with Crippen LogP contribution >= 0.6 is 0 Å². The van der Waals surface area contributed by atoms with E-state index in [1.807, 2.05) is 30.5 Å². The van der Waals surface area contributed by atoms with Gasteiger partial charge in [-0.3, -0.25) is 4.99 Å². The van der Waals surface area contributed by atoms with Gasteiger partial charge < -0.3 is 9.30 Å². The van der Waals surface area contributed by atoms with E-state index in [-0.39, 0.29) is 26.5 Å². The molecule has 0 aliphatic carbocycles. The maximum Gasteiger partial charge on any atom is 2.00 e. The normalized spacial score (nSPS) is 12.2. The minimum absolute atomic E-state index is 0. The fraction of sp³-hybridized carbons (Fsp3) is 0.0870. The summed E-state index contributed by atoms with van der Waals surface area (Å²) >= 11 is 0. The Morgan fingerprint density at radius 3 is 2.02 bits per heavy atom. The first-order valence-electron chi connectivity index (χ1n) is 16.9. The van der Waals surface area contributed by atoms with Crippen molar-refractivity contribution in [1.82, 2.24) is 9.55 Å². The molecule has 0 spiro atoms. The Labute approximate surface area is 312 Å². The Balaban J connectivity index is 0.00000374. The summed E-state index contributed by atoms with van der Waals surface area (Å²) in [6.07, 6.45) is 1.89. The number of rotatable bonds is 4. The van der Waals surface area contributed by atoms with Gasteiger partial charge in [0.15, 0.2) is 0 Å². The van der Waals surface area contributed by atoms with Gasteiger partial charge >= 0.3 is 21.1 Å². The first-order valence-corrected chi connectivity index (χ1v) is 16.9. The van der Waals surface area contributed by atoms with E-state index in [4.69, 9.17) is 14.7 Å². The number of benzene rings is 6. The molecule has 51 heavy (non-hydrogen) atoms. The summed E-state index contributed by atoms with van der Waals surface area (Å²) in [7, 11) is 0. The minimum atomic E-state index is -0.0119. The van der Waals surface area contributed by atoms with Crippen LogP contribution in [0, 0.1) is 12.1 Å². The number of ether oxygens (including phenoxy) is 1. The van der Waals surface area contributed by atoms with E-state index < -0.39 is 0 Å².